The van der Waals surface area contributed by atoms with E-state index in [4.69, 9.17) is 9.72 Å². The number of pyridine rings is 2. The zero-order chi connectivity index (χ0) is 23.3. The zero-order valence-electron chi connectivity index (χ0n) is 18.9. The van der Waals surface area contributed by atoms with Crippen LogP contribution in [0, 0.1) is 6.92 Å². The molecule has 0 aliphatic carbocycles. The van der Waals surface area contributed by atoms with Gasteiger partial charge >= 0.3 is 0 Å². The lowest BCUT2D eigenvalue weighted by atomic mass is 10.0. The molecule has 7 nitrogen and oxygen atoms in total. The van der Waals surface area contributed by atoms with Crippen LogP contribution in [0.5, 0.6) is 5.75 Å². The first-order chi connectivity index (χ1) is 14.9. The van der Waals surface area contributed by atoms with E-state index in [1.54, 1.807) is 29.7 Å². The Morgan fingerprint density at radius 2 is 1.90 bits per heavy atom. The molecule has 2 N–H and O–H groups in total. The van der Waals surface area contributed by atoms with Gasteiger partial charge in [0.15, 0.2) is 0 Å². The van der Waals surface area contributed by atoms with Gasteiger partial charge in [0.25, 0.3) is 12.0 Å². The van der Waals surface area contributed by atoms with Gasteiger partial charge in [-0.2, -0.15) is 0 Å². The molecular formula is C24H30N2O5. The van der Waals surface area contributed by atoms with Crippen LogP contribution in [0.2, 0.25) is 0 Å². The summed E-state index contributed by atoms with van der Waals surface area (Å²) in [5.74, 6) is 0.196. The number of carbonyl (C=O) groups is 1. The number of ether oxygens (including phenoxy) is 1. The van der Waals surface area contributed by atoms with Crippen LogP contribution in [0.15, 0.2) is 29.1 Å². The lowest BCUT2D eigenvalue weighted by Gasteiger charge is -2.14. The average molecular weight is 427 g/mol. The number of phenolic OH excluding ortho intramolecular Hbond substituents is 1. The molecule has 0 spiro atoms. The van der Waals surface area contributed by atoms with Crippen molar-refractivity contribution < 1.29 is 19.7 Å². The van der Waals surface area contributed by atoms with E-state index in [1.165, 1.54) is 0 Å². The van der Waals surface area contributed by atoms with Crippen LogP contribution < -0.4 is 5.56 Å². The van der Waals surface area contributed by atoms with Crippen molar-refractivity contribution in [1.82, 2.24) is 9.55 Å². The van der Waals surface area contributed by atoms with Gasteiger partial charge in [0.2, 0.25) is 0 Å². The highest BCUT2D eigenvalue weighted by Crippen LogP contribution is 2.35. The topological polar surface area (TPSA) is 102 Å². The lowest BCUT2D eigenvalue weighted by molar-refractivity contribution is -0.129. The molecule has 1 aliphatic rings. The molecule has 1 atom stereocenters. The maximum atomic E-state index is 13.0. The van der Waals surface area contributed by atoms with E-state index in [1.807, 2.05) is 40.7 Å². The SMILES string of the molecule is CC.CC.Cc1c(O)ccc2nc3c(cc12)Cn1c-3cc(C(C)O)c(COC=O)c1=O. The first-order valence-electron chi connectivity index (χ1n) is 10.5. The molecule has 3 heterocycles. The van der Waals surface area contributed by atoms with E-state index in [9.17, 15) is 19.8 Å². The number of aliphatic hydroxyl groups is 1. The minimum absolute atomic E-state index is 0.193. The van der Waals surface area contributed by atoms with E-state index in [0.717, 1.165) is 22.0 Å². The van der Waals surface area contributed by atoms with Crippen molar-refractivity contribution in [3.8, 4) is 17.1 Å². The number of carbonyl (C=O) groups excluding carboxylic acids is 1. The third-order valence-corrected chi connectivity index (χ3v) is 5.07. The monoisotopic (exact) mass is 426 g/mol. The first-order valence-corrected chi connectivity index (χ1v) is 10.5. The highest BCUT2D eigenvalue weighted by atomic mass is 16.5. The van der Waals surface area contributed by atoms with Crippen molar-refractivity contribution in [3.05, 3.63) is 56.9 Å². The van der Waals surface area contributed by atoms with Crippen LogP contribution in [0.1, 0.15) is 63.0 Å². The number of benzene rings is 1. The molecule has 166 valence electrons. The molecule has 1 aliphatic heterocycles. The summed E-state index contributed by atoms with van der Waals surface area (Å²) < 4.78 is 6.34. The predicted molar refractivity (Wildman–Crippen MR) is 121 cm³/mol. The van der Waals surface area contributed by atoms with Crippen LogP contribution in [0.3, 0.4) is 0 Å². The predicted octanol–water partition coefficient (Wildman–Crippen LogP) is 4.22. The van der Waals surface area contributed by atoms with Crippen LogP contribution in [-0.4, -0.2) is 26.2 Å². The Morgan fingerprint density at radius 3 is 2.52 bits per heavy atom. The van der Waals surface area contributed by atoms with E-state index >= 15 is 0 Å². The van der Waals surface area contributed by atoms with Crippen molar-refractivity contribution in [2.75, 3.05) is 0 Å². The van der Waals surface area contributed by atoms with Gasteiger partial charge in [-0.15, -0.1) is 0 Å². The third-order valence-electron chi connectivity index (χ3n) is 5.07. The molecular weight excluding hydrogens is 396 g/mol. The number of nitrogens with zero attached hydrogens (tertiary/aromatic N) is 2. The summed E-state index contributed by atoms with van der Waals surface area (Å²) in [5, 5.41) is 20.9. The molecule has 1 aromatic carbocycles. The fraction of sp³-hybridized carbons (Fsp3) is 0.375. The van der Waals surface area contributed by atoms with E-state index < -0.39 is 6.10 Å². The number of aryl methyl sites for hydroxylation is 1. The summed E-state index contributed by atoms with van der Waals surface area (Å²) in [4.78, 5) is 28.2. The molecule has 4 rings (SSSR count). The van der Waals surface area contributed by atoms with Crippen LogP contribution in [-0.2, 0) is 22.7 Å². The summed E-state index contributed by atoms with van der Waals surface area (Å²) in [5.41, 5.74) is 3.97. The quantitative estimate of drug-likeness (QED) is 0.474. The second-order valence-corrected chi connectivity index (χ2v) is 6.71. The van der Waals surface area contributed by atoms with Crippen molar-refractivity contribution >= 4 is 17.4 Å². The molecule has 0 amide bonds. The first kappa shape index (κ1) is 24.1. The van der Waals surface area contributed by atoms with E-state index in [2.05, 4.69) is 0 Å². The Balaban J connectivity index is 0.000000807. The molecule has 0 bridgehead atoms. The van der Waals surface area contributed by atoms with Crippen LogP contribution in [0.25, 0.3) is 22.3 Å². The maximum absolute atomic E-state index is 13.0. The van der Waals surface area contributed by atoms with Gasteiger partial charge in [0, 0.05) is 16.5 Å². The normalized spacial score (nSPS) is 12.0. The summed E-state index contributed by atoms with van der Waals surface area (Å²) in [6.45, 7) is 11.8. The minimum atomic E-state index is -0.891. The lowest BCUT2D eigenvalue weighted by Crippen LogP contribution is -2.26. The number of aromatic hydroxyl groups is 1. The second kappa shape index (κ2) is 10.2. The van der Waals surface area contributed by atoms with Crippen molar-refractivity contribution in [1.29, 1.82) is 0 Å². The minimum Gasteiger partial charge on any atom is -0.508 e. The number of hydrogen-bond acceptors (Lipinski definition) is 6. The Labute approximate surface area is 181 Å². The highest BCUT2D eigenvalue weighted by molar-refractivity contribution is 5.88. The molecule has 1 unspecified atom stereocenters. The largest absolute Gasteiger partial charge is 0.508 e. The molecule has 7 heteroatoms. The van der Waals surface area contributed by atoms with Crippen molar-refractivity contribution in [2.45, 2.75) is 60.8 Å². The summed E-state index contributed by atoms with van der Waals surface area (Å²) in [6, 6.07) is 7.00. The van der Waals surface area contributed by atoms with Gasteiger partial charge < -0.3 is 19.5 Å². The Morgan fingerprint density at radius 1 is 1.23 bits per heavy atom. The maximum Gasteiger partial charge on any atom is 0.293 e. The standard InChI is InChI=1S/C20H18N2O5.2C2H6/c1-10-13-5-12-7-22-17(19(12)21-16(13)3-4-18(10)25)6-14(11(2)24)15(20(22)26)8-27-9-23;2*1-2/h3-6,9,11,24-25H,7-8H2,1-2H3;2*1-2H3. The Bertz CT molecular complexity index is 1150. The number of fused-ring (bicyclic) bond motifs is 4. The Hall–Kier alpha value is -3.19. The van der Waals surface area contributed by atoms with Crippen molar-refractivity contribution in [2.24, 2.45) is 0 Å². The molecule has 3 aromatic rings. The molecule has 0 radical (unpaired) electrons. The van der Waals surface area contributed by atoms with Crippen LogP contribution >= 0.6 is 0 Å². The highest BCUT2D eigenvalue weighted by Gasteiger charge is 2.26. The second-order valence-electron chi connectivity index (χ2n) is 6.71. The van der Waals surface area contributed by atoms with E-state index in [0.29, 0.717) is 23.5 Å². The molecule has 0 fully saturated rings. The summed E-state index contributed by atoms with van der Waals surface area (Å²) in [6.07, 6.45) is -0.891. The number of rotatable bonds is 4. The molecule has 31 heavy (non-hydrogen) atoms. The summed E-state index contributed by atoms with van der Waals surface area (Å²) >= 11 is 0. The fourth-order valence-electron chi connectivity index (χ4n) is 3.63. The van der Waals surface area contributed by atoms with Gasteiger partial charge in [0.05, 0.1) is 35.1 Å². The number of phenols is 1. The van der Waals surface area contributed by atoms with Gasteiger partial charge in [-0.05, 0) is 43.7 Å². The zero-order valence-corrected chi connectivity index (χ0v) is 18.9. The van der Waals surface area contributed by atoms with Crippen molar-refractivity contribution in [3.63, 3.8) is 0 Å². The summed E-state index contributed by atoms with van der Waals surface area (Å²) in [7, 11) is 0. The Kier molecular flexibility index (Phi) is 7.94. The molecule has 0 saturated heterocycles. The third kappa shape index (κ3) is 4.32. The van der Waals surface area contributed by atoms with Gasteiger partial charge in [-0.3, -0.25) is 9.59 Å². The average Bonchev–Trinajstić information content (AvgIpc) is 3.15. The number of hydrogen-bond donors (Lipinski definition) is 2. The number of aromatic nitrogens is 2. The fourth-order valence-corrected chi connectivity index (χ4v) is 3.63. The van der Waals surface area contributed by atoms with Gasteiger partial charge in [-0.25, -0.2) is 4.98 Å². The van der Waals surface area contributed by atoms with Gasteiger partial charge in [0.1, 0.15) is 12.4 Å². The smallest absolute Gasteiger partial charge is 0.293 e. The van der Waals surface area contributed by atoms with Crippen LogP contribution in [0.4, 0.5) is 0 Å². The molecule has 2 aromatic heterocycles. The number of aliphatic hydroxyl groups excluding tert-OH is 1. The van der Waals surface area contributed by atoms with E-state index in [-0.39, 0.29) is 30.0 Å². The van der Waals surface area contributed by atoms with Gasteiger partial charge in [-0.1, -0.05) is 27.7 Å². The molecule has 0 saturated carbocycles.